The van der Waals surface area contributed by atoms with Gasteiger partial charge in [-0.1, -0.05) is 5.16 Å². The standard InChI is InChI=1S/C14H15N3O2/c1-7-11-12(13(18)15-8-5-6-8)9-3-2-4-10(9)16-14(11)19-17-7/h8H,2-6H2,1H3,(H,15,18). The molecule has 19 heavy (non-hydrogen) atoms. The van der Waals surface area contributed by atoms with Crippen LogP contribution >= 0.6 is 0 Å². The second-order valence-electron chi connectivity index (χ2n) is 5.46. The van der Waals surface area contributed by atoms with Crippen molar-refractivity contribution >= 4 is 17.0 Å². The van der Waals surface area contributed by atoms with Crippen LogP contribution in [-0.4, -0.2) is 22.1 Å². The molecule has 98 valence electrons. The number of carbonyl (C=O) groups is 1. The van der Waals surface area contributed by atoms with Gasteiger partial charge in [0.1, 0.15) is 0 Å². The van der Waals surface area contributed by atoms with Crippen LogP contribution in [0.5, 0.6) is 0 Å². The molecule has 1 N–H and O–H groups in total. The molecule has 4 rings (SSSR count). The Morgan fingerprint density at radius 1 is 1.37 bits per heavy atom. The quantitative estimate of drug-likeness (QED) is 0.892. The van der Waals surface area contributed by atoms with Crippen molar-refractivity contribution in [1.82, 2.24) is 15.5 Å². The molecule has 0 aliphatic heterocycles. The molecule has 5 heteroatoms. The van der Waals surface area contributed by atoms with Crippen molar-refractivity contribution in [2.24, 2.45) is 0 Å². The predicted octanol–water partition coefficient (Wildman–Crippen LogP) is 1.91. The summed E-state index contributed by atoms with van der Waals surface area (Å²) in [6.45, 7) is 1.86. The molecule has 0 bridgehead atoms. The van der Waals surface area contributed by atoms with E-state index < -0.39 is 0 Å². The summed E-state index contributed by atoms with van der Waals surface area (Å²) < 4.78 is 5.24. The summed E-state index contributed by atoms with van der Waals surface area (Å²) in [6, 6.07) is 0.355. The maximum atomic E-state index is 12.5. The lowest BCUT2D eigenvalue weighted by molar-refractivity contribution is 0.0951. The molecule has 1 amide bonds. The molecule has 0 saturated heterocycles. The molecular weight excluding hydrogens is 242 g/mol. The molecule has 2 aromatic rings. The van der Waals surface area contributed by atoms with Crippen molar-refractivity contribution in [3.8, 4) is 0 Å². The molecule has 5 nitrogen and oxygen atoms in total. The molecular formula is C14H15N3O2. The lowest BCUT2D eigenvalue weighted by Crippen LogP contribution is -2.27. The predicted molar refractivity (Wildman–Crippen MR) is 69.1 cm³/mol. The van der Waals surface area contributed by atoms with Crippen LogP contribution in [0.4, 0.5) is 0 Å². The highest BCUT2D eigenvalue weighted by Crippen LogP contribution is 2.32. The van der Waals surface area contributed by atoms with E-state index >= 15 is 0 Å². The van der Waals surface area contributed by atoms with Gasteiger partial charge in [0.15, 0.2) is 0 Å². The first-order chi connectivity index (χ1) is 9.24. The highest BCUT2D eigenvalue weighted by molar-refractivity contribution is 6.07. The van der Waals surface area contributed by atoms with E-state index in [1.807, 2.05) is 6.92 Å². The van der Waals surface area contributed by atoms with Crippen molar-refractivity contribution in [2.45, 2.75) is 45.1 Å². The second kappa shape index (κ2) is 3.79. The Bertz CT molecular complexity index is 686. The summed E-state index contributed by atoms with van der Waals surface area (Å²) in [6.07, 6.45) is 5.09. The maximum absolute atomic E-state index is 12.5. The van der Waals surface area contributed by atoms with Crippen LogP contribution in [0.3, 0.4) is 0 Å². The molecule has 0 aromatic carbocycles. The van der Waals surface area contributed by atoms with Gasteiger partial charge in [0.2, 0.25) is 0 Å². The van der Waals surface area contributed by atoms with Crippen molar-refractivity contribution in [3.63, 3.8) is 0 Å². The number of rotatable bonds is 2. The average molecular weight is 257 g/mol. The number of nitrogens with one attached hydrogen (secondary N) is 1. The fraction of sp³-hybridized carbons (Fsp3) is 0.500. The van der Waals surface area contributed by atoms with Gasteiger partial charge in [-0.2, -0.15) is 0 Å². The van der Waals surface area contributed by atoms with Gasteiger partial charge in [-0.15, -0.1) is 0 Å². The zero-order valence-corrected chi connectivity index (χ0v) is 10.8. The fourth-order valence-corrected chi connectivity index (χ4v) is 2.85. The summed E-state index contributed by atoms with van der Waals surface area (Å²) in [4.78, 5) is 17.0. The molecule has 1 saturated carbocycles. The monoisotopic (exact) mass is 257 g/mol. The van der Waals surface area contributed by atoms with E-state index in [1.54, 1.807) is 0 Å². The molecule has 2 aromatic heterocycles. The topological polar surface area (TPSA) is 68.0 Å². The first-order valence-electron chi connectivity index (χ1n) is 6.82. The Hall–Kier alpha value is -1.91. The Balaban J connectivity index is 1.94. The largest absolute Gasteiger partial charge is 0.349 e. The van der Waals surface area contributed by atoms with Crippen LogP contribution in [0.15, 0.2) is 4.52 Å². The normalized spacial score (nSPS) is 17.7. The Labute approximate surface area is 110 Å². The van der Waals surface area contributed by atoms with E-state index in [1.165, 1.54) is 0 Å². The van der Waals surface area contributed by atoms with Crippen LogP contribution in [0.1, 0.15) is 46.6 Å². The summed E-state index contributed by atoms with van der Waals surface area (Å²) in [7, 11) is 0. The van der Waals surface area contributed by atoms with Crippen LogP contribution in [-0.2, 0) is 12.8 Å². The zero-order valence-electron chi connectivity index (χ0n) is 10.8. The Morgan fingerprint density at radius 3 is 3.00 bits per heavy atom. The van der Waals surface area contributed by atoms with Crippen LogP contribution in [0.25, 0.3) is 11.1 Å². The Kier molecular flexibility index (Phi) is 2.19. The lowest BCUT2D eigenvalue weighted by atomic mass is 10.0. The van der Waals surface area contributed by atoms with E-state index in [2.05, 4.69) is 15.5 Å². The summed E-state index contributed by atoms with van der Waals surface area (Å²) in [5.41, 5.74) is 4.10. The van der Waals surface area contributed by atoms with Crippen molar-refractivity contribution in [2.75, 3.05) is 0 Å². The molecule has 0 atom stereocenters. The van der Waals surface area contributed by atoms with E-state index in [0.717, 1.165) is 60.0 Å². The van der Waals surface area contributed by atoms with Gasteiger partial charge in [-0.25, -0.2) is 4.98 Å². The number of aryl methyl sites for hydroxylation is 2. The maximum Gasteiger partial charge on any atom is 0.259 e. The Morgan fingerprint density at radius 2 is 2.21 bits per heavy atom. The van der Waals surface area contributed by atoms with Gasteiger partial charge >= 0.3 is 0 Å². The molecule has 0 radical (unpaired) electrons. The third kappa shape index (κ3) is 1.64. The smallest absolute Gasteiger partial charge is 0.259 e. The van der Waals surface area contributed by atoms with Gasteiger partial charge in [0, 0.05) is 11.7 Å². The first-order valence-corrected chi connectivity index (χ1v) is 6.82. The van der Waals surface area contributed by atoms with Gasteiger partial charge in [-0.3, -0.25) is 4.79 Å². The van der Waals surface area contributed by atoms with E-state index in [9.17, 15) is 4.79 Å². The highest BCUT2D eigenvalue weighted by Gasteiger charge is 2.30. The number of hydrogen-bond acceptors (Lipinski definition) is 4. The van der Waals surface area contributed by atoms with Gasteiger partial charge in [-0.05, 0) is 44.6 Å². The molecule has 1 fully saturated rings. The van der Waals surface area contributed by atoms with Crippen molar-refractivity contribution < 1.29 is 9.32 Å². The van der Waals surface area contributed by atoms with Gasteiger partial charge in [0.05, 0.1) is 16.6 Å². The SMILES string of the molecule is Cc1noc2nc3c(c(C(=O)NC4CC4)c12)CCC3. The summed E-state index contributed by atoms with van der Waals surface area (Å²) in [5, 5.41) is 7.82. The highest BCUT2D eigenvalue weighted by atomic mass is 16.5. The molecule has 0 spiro atoms. The number of nitrogens with zero attached hydrogens (tertiary/aromatic N) is 2. The molecule has 2 aliphatic rings. The van der Waals surface area contributed by atoms with E-state index in [-0.39, 0.29) is 5.91 Å². The third-order valence-electron chi connectivity index (χ3n) is 3.96. The fourth-order valence-electron chi connectivity index (χ4n) is 2.85. The number of fused-ring (bicyclic) bond motifs is 2. The number of pyridine rings is 1. The van der Waals surface area contributed by atoms with Crippen LogP contribution in [0, 0.1) is 6.92 Å². The summed E-state index contributed by atoms with van der Waals surface area (Å²) in [5.74, 6) is 0.0133. The second-order valence-corrected chi connectivity index (χ2v) is 5.46. The van der Waals surface area contributed by atoms with Crippen molar-refractivity contribution in [3.05, 3.63) is 22.5 Å². The molecule has 0 unspecified atom stereocenters. The van der Waals surface area contributed by atoms with E-state index in [4.69, 9.17) is 4.52 Å². The van der Waals surface area contributed by atoms with Gasteiger partial charge < -0.3 is 9.84 Å². The van der Waals surface area contributed by atoms with Gasteiger partial charge in [0.25, 0.3) is 11.6 Å². The molecule has 2 heterocycles. The molecule has 2 aliphatic carbocycles. The number of amides is 1. The van der Waals surface area contributed by atoms with Crippen LogP contribution in [0.2, 0.25) is 0 Å². The minimum absolute atomic E-state index is 0.0133. The zero-order chi connectivity index (χ0) is 13.0. The van der Waals surface area contributed by atoms with E-state index in [0.29, 0.717) is 11.8 Å². The van der Waals surface area contributed by atoms with Crippen molar-refractivity contribution in [1.29, 1.82) is 0 Å². The number of carbonyl (C=O) groups excluding carboxylic acids is 1. The minimum atomic E-state index is 0.0133. The lowest BCUT2D eigenvalue weighted by Gasteiger charge is -2.09. The third-order valence-corrected chi connectivity index (χ3v) is 3.96. The van der Waals surface area contributed by atoms with Crippen LogP contribution < -0.4 is 5.32 Å². The minimum Gasteiger partial charge on any atom is -0.349 e. The number of aromatic nitrogens is 2. The average Bonchev–Trinajstić information content (AvgIpc) is 2.96. The first kappa shape index (κ1) is 11.0. The summed E-state index contributed by atoms with van der Waals surface area (Å²) >= 11 is 0. The number of hydrogen-bond donors (Lipinski definition) is 1.